The molecule has 2 amide bonds. The molecule has 0 aliphatic carbocycles. The molecule has 19 heavy (non-hydrogen) atoms. The predicted octanol–water partition coefficient (Wildman–Crippen LogP) is 0.701. The van der Waals surface area contributed by atoms with Gasteiger partial charge in [0.1, 0.15) is 0 Å². The summed E-state index contributed by atoms with van der Waals surface area (Å²) >= 11 is 0. The SMILES string of the molecule is CCC(C)N1CC(C(=O)NCCCN(C)C)CC1=O. The van der Waals surface area contributed by atoms with Gasteiger partial charge < -0.3 is 15.1 Å². The summed E-state index contributed by atoms with van der Waals surface area (Å²) < 4.78 is 0. The van der Waals surface area contributed by atoms with Gasteiger partial charge in [-0.1, -0.05) is 6.92 Å². The zero-order chi connectivity index (χ0) is 14.4. The second kappa shape index (κ2) is 7.48. The lowest BCUT2D eigenvalue weighted by Gasteiger charge is -2.23. The van der Waals surface area contributed by atoms with E-state index in [0.29, 0.717) is 19.5 Å². The summed E-state index contributed by atoms with van der Waals surface area (Å²) in [5, 5.41) is 2.93. The molecule has 1 rings (SSSR count). The van der Waals surface area contributed by atoms with Crippen LogP contribution in [0.4, 0.5) is 0 Å². The smallest absolute Gasteiger partial charge is 0.225 e. The van der Waals surface area contributed by atoms with Gasteiger partial charge >= 0.3 is 0 Å². The lowest BCUT2D eigenvalue weighted by atomic mass is 10.1. The molecule has 2 atom stereocenters. The zero-order valence-corrected chi connectivity index (χ0v) is 12.6. The molecule has 0 radical (unpaired) electrons. The molecule has 0 bridgehead atoms. The van der Waals surface area contributed by atoms with Crippen LogP contribution in [0.15, 0.2) is 0 Å². The van der Waals surface area contributed by atoms with Crippen molar-refractivity contribution in [3.05, 3.63) is 0 Å². The van der Waals surface area contributed by atoms with E-state index in [-0.39, 0.29) is 23.8 Å². The van der Waals surface area contributed by atoms with Crippen molar-refractivity contribution in [2.75, 3.05) is 33.7 Å². The fourth-order valence-electron chi connectivity index (χ4n) is 2.30. The number of hydrogen-bond donors (Lipinski definition) is 1. The first kappa shape index (κ1) is 16.0. The van der Waals surface area contributed by atoms with Crippen LogP contribution in [0.25, 0.3) is 0 Å². The van der Waals surface area contributed by atoms with E-state index in [1.165, 1.54) is 0 Å². The number of nitrogens with one attached hydrogen (secondary N) is 1. The number of rotatable bonds is 7. The molecule has 0 aromatic carbocycles. The molecule has 0 aromatic heterocycles. The van der Waals surface area contributed by atoms with E-state index in [1.807, 2.05) is 25.9 Å². The Morgan fingerprint density at radius 1 is 1.53 bits per heavy atom. The van der Waals surface area contributed by atoms with Crippen molar-refractivity contribution in [2.24, 2.45) is 5.92 Å². The number of likely N-dealkylation sites (tertiary alicyclic amines) is 1. The number of amides is 2. The molecular weight excluding hydrogens is 242 g/mol. The van der Waals surface area contributed by atoms with Gasteiger partial charge in [-0.05, 0) is 40.4 Å². The molecule has 0 aromatic rings. The summed E-state index contributed by atoms with van der Waals surface area (Å²) in [6.45, 7) is 6.32. The Morgan fingerprint density at radius 3 is 2.79 bits per heavy atom. The molecular formula is C14H27N3O2. The Labute approximate surface area is 116 Å². The van der Waals surface area contributed by atoms with Gasteiger partial charge in [-0.2, -0.15) is 0 Å². The Morgan fingerprint density at radius 2 is 2.21 bits per heavy atom. The lowest BCUT2D eigenvalue weighted by Crippen LogP contribution is -2.37. The van der Waals surface area contributed by atoms with Gasteiger partial charge in [0, 0.05) is 25.6 Å². The second-order valence-electron chi connectivity index (χ2n) is 5.65. The van der Waals surface area contributed by atoms with E-state index in [4.69, 9.17) is 0 Å². The van der Waals surface area contributed by atoms with E-state index in [9.17, 15) is 9.59 Å². The van der Waals surface area contributed by atoms with Crippen LogP contribution in [0, 0.1) is 5.92 Å². The normalized spacial score (nSPS) is 21.0. The molecule has 0 saturated carbocycles. The van der Waals surface area contributed by atoms with Gasteiger partial charge in [0.25, 0.3) is 0 Å². The number of carbonyl (C=O) groups excluding carboxylic acids is 2. The highest BCUT2D eigenvalue weighted by Gasteiger charge is 2.35. The van der Waals surface area contributed by atoms with E-state index < -0.39 is 0 Å². The van der Waals surface area contributed by atoms with Crippen molar-refractivity contribution in [1.29, 1.82) is 0 Å². The first-order valence-electron chi connectivity index (χ1n) is 7.17. The standard InChI is InChI=1S/C14H27N3O2/c1-5-11(2)17-10-12(9-13(17)18)14(19)15-7-6-8-16(3)4/h11-12H,5-10H2,1-4H3,(H,15,19). The van der Waals surface area contributed by atoms with Crippen molar-refractivity contribution in [1.82, 2.24) is 15.1 Å². The lowest BCUT2D eigenvalue weighted by molar-refractivity contribution is -0.130. The highest BCUT2D eigenvalue weighted by Crippen LogP contribution is 2.21. The van der Waals surface area contributed by atoms with Gasteiger partial charge in [-0.15, -0.1) is 0 Å². The first-order chi connectivity index (χ1) is 8.95. The van der Waals surface area contributed by atoms with Crippen LogP contribution in [0.3, 0.4) is 0 Å². The van der Waals surface area contributed by atoms with Crippen molar-refractivity contribution in [3.8, 4) is 0 Å². The molecule has 5 heteroatoms. The molecule has 0 spiro atoms. The Kier molecular flexibility index (Phi) is 6.28. The summed E-state index contributed by atoms with van der Waals surface area (Å²) in [6.07, 6.45) is 2.24. The van der Waals surface area contributed by atoms with Gasteiger partial charge in [0.15, 0.2) is 0 Å². The molecule has 1 aliphatic rings. The number of nitrogens with zero attached hydrogens (tertiary/aromatic N) is 2. The topological polar surface area (TPSA) is 52.7 Å². The Hall–Kier alpha value is -1.10. The van der Waals surface area contributed by atoms with Crippen LogP contribution in [0.1, 0.15) is 33.1 Å². The molecule has 1 aliphatic heterocycles. The van der Waals surface area contributed by atoms with Gasteiger partial charge in [0.05, 0.1) is 5.92 Å². The molecule has 1 N–H and O–H groups in total. The third kappa shape index (κ3) is 4.82. The monoisotopic (exact) mass is 269 g/mol. The van der Waals surface area contributed by atoms with E-state index in [2.05, 4.69) is 17.1 Å². The third-order valence-electron chi connectivity index (χ3n) is 3.73. The quantitative estimate of drug-likeness (QED) is 0.692. The third-order valence-corrected chi connectivity index (χ3v) is 3.73. The highest BCUT2D eigenvalue weighted by atomic mass is 16.2. The van der Waals surface area contributed by atoms with Gasteiger partial charge in [-0.3, -0.25) is 9.59 Å². The summed E-state index contributed by atoms with van der Waals surface area (Å²) in [5.41, 5.74) is 0. The van der Waals surface area contributed by atoms with Crippen LogP contribution in [-0.4, -0.2) is 61.4 Å². The fraction of sp³-hybridized carbons (Fsp3) is 0.857. The minimum Gasteiger partial charge on any atom is -0.356 e. The van der Waals surface area contributed by atoms with Gasteiger partial charge in [-0.25, -0.2) is 0 Å². The average molecular weight is 269 g/mol. The molecule has 5 nitrogen and oxygen atoms in total. The molecule has 110 valence electrons. The summed E-state index contributed by atoms with van der Waals surface area (Å²) in [6, 6.07) is 0.235. The van der Waals surface area contributed by atoms with Gasteiger partial charge in [0.2, 0.25) is 11.8 Å². The second-order valence-corrected chi connectivity index (χ2v) is 5.65. The van der Waals surface area contributed by atoms with E-state index in [0.717, 1.165) is 19.4 Å². The van der Waals surface area contributed by atoms with Crippen LogP contribution >= 0.6 is 0 Å². The fourth-order valence-corrected chi connectivity index (χ4v) is 2.30. The maximum Gasteiger partial charge on any atom is 0.225 e. The number of hydrogen-bond acceptors (Lipinski definition) is 3. The Balaban J connectivity index is 2.33. The first-order valence-corrected chi connectivity index (χ1v) is 7.17. The summed E-state index contributed by atoms with van der Waals surface area (Å²) in [5.74, 6) is -0.0263. The number of carbonyl (C=O) groups is 2. The maximum atomic E-state index is 12.0. The minimum atomic E-state index is -0.166. The minimum absolute atomic E-state index is 0.0258. The van der Waals surface area contributed by atoms with Crippen molar-refractivity contribution < 1.29 is 9.59 Å². The largest absolute Gasteiger partial charge is 0.356 e. The van der Waals surface area contributed by atoms with E-state index >= 15 is 0 Å². The summed E-state index contributed by atoms with van der Waals surface area (Å²) in [7, 11) is 4.03. The van der Waals surface area contributed by atoms with Crippen LogP contribution in [-0.2, 0) is 9.59 Å². The molecule has 2 unspecified atom stereocenters. The van der Waals surface area contributed by atoms with Crippen LogP contribution in [0.2, 0.25) is 0 Å². The van der Waals surface area contributed by atoms with Crippen LogP contribution < -0.4 is 5.32 Å². The predicted molar refractivity (Wildman–Crippen MR) is 75.8 cm³/mol. The molecule has 1 fully saturated rings. The summed E-state index contributed by atoms with van der Waals surface area (Å²) in [4.78, 5) is 27.8. The van der Waals surface area contributed by atoms with Crippen molar-refractivity contribution in [3.63, 3.8) is 0 Å². The highest BCUT2D eigenvalue weighted by molar-refractivity contribution is 5.89. The average Bonchev–Trinajstić information content (AvgIpc) is 2.75. The maximum absolute atomic E-state index is 12.0. The Bertz CT molecular complexity index is 318. The van der Waals surface area contributed by atoms with Crippen LogP contribution in [0.5, 0.6) is 0 Å². The molecule has 1 saturated heterocycles. The van der Waals surface area contributed by atoms with Crippen molar-refractivity contribution in [2.45, 2.75) is 39.2 Å². The zero-order valence-electron chi connectivity index (χ0n) is 12.6. The molecule has 1 heterocycles. The van der Waals surface area contributed by atoms with Crippen molar-refractivity contribution >= 4 is 11.8 Å². The van der Waals surface area contributed by atoms with E-state index in [1.54, 1.807) is 0 Å².